The van der Waals surface area contributed by atoms with Crippen LogP contribution in [0.15, 0.2) is 164 Å². The average molecular weight is 602 g/mol. The van der Waals surface area contributed by atoms with Gasteiger partial charge in [-0.1, -0.05) is 146 Å². The number of para-hydroxylation sites is 1. The molecule has 46 heavy (non-hydrogen) atoms. The molecule has 0 N–H and O–H groups in total. The first-order chi connectivity index (χ1) is 22.8. The highest BCUT2D eigenvalue weighted by atomic mass is 32.1. The highest BCUT2D eigenvalue weighted by molar-refractivity contribution is 7.27. The predicted molar refractivity (Wildman–Crippen MR) is 200 cm³/mol. The van der Waals surface area contributed by atoms with Gasteiger partial charge in [0.05, 0.1) is 11.0 Å². The Hall–Kier alpha value is -5.70. The molecule has 0 atom stereocenters. The van der Waals surface area contributed by atoms with E-state index in [9.17, 15) is 0 Å². The standard InChI is InChI=1S/C44H27NS/c1-3-12-28(13-4-1)29-22-24-30(25-23-29)32-20-11-21-37-38-26-27-39-41(44(38)46-43(32)37)40-35-18-9-7-16-33(35)34-17-8-10-19-36(34)42(40)45(39)31-14-5-2-6-15-31/h1-27H. The van der Waals surface area contributed by atoms with Crippen LogP contribution >= 0.6 is 11.3 Å². The average Bonchev–Trinajstić information content (AvgIpc) is 3.69. The molecule has 2 aromatic heterocycles. The van der Waals surface area contributed by atoms with Crippen LogP contribution in [0.5, 0.6) is 0 Å². The highest BCUT2D eigenvalue weighted by Crippen LogP contribution is 2.49. The molecule has 8 aromatic carbocycles. The smallest absolute Gasteiger partial charge is 0.0626 e. The molecule has 0 aliphatic rings. The van der Waals surface area contributed by atoms with Gasteiger partial charge in [0.15, 0.2) is 0 Å². The van der Waals surface area contributed by atoms with Crippen molar-refractivity contribution in [3.8, 4) is 27.9 Å². The molecule has 2 heteroatoms. The van der Waals surface area contributed by atoms with Gasteiger partial charge in [-0.3, -0.25) is 0 Å². The Balaban J connectivity index is 1.33. The van der Waals surface area contributed by atoms with Gasteiger partial charge in [0, 0.05) is 42.0 Å². The van der Waals surface area contributed by atoms with E-state index in [1.165, 1.54) is 91.5 Å². The lowest BCUT2D eigenvalue weighted by molar-refractivity contribution is 1.19. The summed E-state index contributed by atoms with van der Waals surface area (Å²) in [6, 6.07) is 59.9. The van der Waals surface area contributed by atoms with Crippen molar-refractivity contribution in [3.63, 3.8) is 0 Å². The molecule has 10 aromatic rings. The number of hydrogen-bond donors (Lipinski definition) is 0. The lowest BCUT2D eigenvalue weighted by atomic mass is 9.96. The van der Waals surface area contributed by atoms with Crippen molar-refractivity contribution in [2.24, 2.45) is 0 Å². The van der Waals surface area contributed by atoms with Crippen LogP contribution in [-0.2, 0) is 0 Å². The van der Waals surface area contributed by atoms with Crippen molar-refractivity contribution in [3.05, 3.63) is 164 Å². The van der Waals surface area contributed by atoms with Crippen molar-refractivity contribution in [2.45, 2.75) is 0 Å². The Morgan fingerprint density at radius 1 is 0.348 bits per heavy atom. The second-order valence-electron chi connectivity index (χ2n) is 12.0. The molecule has 0 aliphatic heterocycles. The molecule has 0 amide bonds. The Labute approximate surface area is 270 Å². The first-order valence-electron chi connectivity index (χ1n) is 15.8. The molecule has 0 radical (unpaired) electrons. The fraction of sp³-hybridized carbons (Fsp3) is 0. The maximum Gasteiger partial charge on any atom is 0.0626 e. The third-order valence-electron chi connectivity index (χ3n) is 9.58. The van der Waals surface area contributed by atoms with Crippen LogP contribution in [0.1, 0.15) is 0 Å². The van der Waals surface area contributed by atoms with Gasteiger partial charge in [-0.25, -0.2) is 0 Å². The topological polar surface area (TPSA) is 4.93 Å². The van der Waals surface area contributed by atoms with Crippen molar-refractivity contribution in [2.75, 3.05) is 0 Å². The Morgan fingerprint density at radius 3 is 1.67 bits per heavy atom. The van der Waals surface area contributed by atoms with Crippen LogP contribution in [0.4, 0.5) is 0 Å². The van der Waals surface area contributed by atoms with Crippen LogP contribution in [0.3, 0.4) is 0 Å². The summed E-state index contributed by atoms with van der Waals surface area (Å²) in [5.41, 5.74) is 8.72. The molecule has 0 bridgehead atoms. The maximum absolute atomic E-state index is 2.49. The van der Waals surface area contributed by atoms with E-state index < -0.39 is 0 Å². The molecule has 0 saturated carbocycles. The van der Waals surface area contributed by atoms with Crippen LogP contribution in [-0.4, -0.2) is 4.57 Å². The number of benzene rings is 8. The van der Waals surface area contributed by atoms with Crippen LogP contribution < -0.4 is 0 Å². The third-order valence-corrected chi connectivity index (χ3v) is 10.9. The zero-order valence-electron chi connectivity index (χ0n) is 24.9. The lowest BCUT2D eigenvalue weighted by Gasteiger charge is -2.12. The summed E-state index contributed by atoms with van der Waals surface area (Å²) >= 11 is 1.94. The summed E-state index contributed by atoms with van der Waals surface area (Å²) in [5, 5.41) is 10.5. The van der Waals surface area contributed by atoms with Crippen LogP contribution in [0.2, 0.25) is 0 Å². The quantitative estimate of drug-likeness (QED) is 0.178. The highest BCUT2D eigenvalue weighted by Gasteiger charge is 2.22. The Morgan fingerprint density at radius 2 is 0.913 bits per heavy atom. The summed E-state index contributed by atoms with van der Waals surface area (Å²) in [6.45, 7) is 0. The van der Waals surface area contributed by atoms with E-state index in [0.29, 0.717) is 0 Å². The lowest BCUT2D eigenvalue weighted by Crippen LogP contribution is -1.94. The number of fused-ring (bicyclic) bond motifs is 12. The molecule has 2 heterocycles. The largest absolute Gasteiger partial charge is 0.309 e. The van der Waals surface area contributed by atoms with Crippen molar-refractivity contribution >= 4 is 74.9 Å². The maximum atomic E-state index is 2.49. The summed E-state index contributed by atoms with van der Waals surface area (Å²) in [7, 11) is 0. The predicted octanol–water partition coefficient (Wildman–Crippen LogP) is 12.8. The van der Waals surface area contributed by atoms with Crippen LogP contribution in [0.25, 0.3) is 91.5 Å². The van der Waals surface area contributed by atoms with E-state index in [4.69, 9.17) is 0 Å². The minimum Gasteiger partial charge on any atom is -0.309 e. The Kier molecular flexibility index (Phi) is 5.51. The van der Waals surface area contributed by atoms with E-state index in [1.807, 2.05) is 11.3 Å². The monoisotopic (exact) mass is 601 g/mol. The number of hydrogen-bond acceptors (Lipinski definition) is 1. The van der Waals surface area contributed by atoms with Gasteiger partial charge < -0.3 is 4.57 Å². The number of rotatable bonds is 3. The van der Waals surface area contributed by atoms with Crippen LogP contribution in [0, 0.1) is 0 Å². The fourth-order valence-corrected chi connectivity index (χ4v) is 8.94. The minimum absolute atomic E-state index is 1.18. The molecule has 0 spiro atoms. The van der Waals surface area contributed by atoms with Crippen molar-refractivity contribution in [1.29, 1.82) is 0 Å². The third kappa shape index (κ3) is 3.62. The van der Waals surface area contributed by atoms with Gasteiger partial charge in [0.25, 0.3) is 0 Å². The number of nitrogens with zero attached hydrogens (tertiary/aromatic N) is 1. The molecule has 214 valence electrons. The molecule has 1 nitrogen and oxygen atoms in total. The van der Waals surface area contributed by atoms with Crippen molar-refractivity contribution in [1.82, 2.24) is 4.57 Å². The second kappa shape index (κ2) is 9.90. The SMILES string of the molecule is c1ccc(-c2ccc(-c3cccc4c3sc3c4ccc4c3c3c5ccccc5c5ccccc5c3n4-c3ccccc3)cc2)cc1. The zero-order chi connectivity index (χ0) is 30.2. The van der Waals surface area contributed by atoms with E-state index in [0.717, 1.165) is 0 Å². The molecule has 0 unspecified atom stereocenters. The Bertz CT molecular complexity index is 2770. The summed E-state index contributed by atoms with van der Waals surface area (Å²) in [5.74, 6) is 0. The van der Waals surface area contributed by atoms with Gasteiger partial charge in [0.2, 0.25) is 0 Å². The summed E-state index contributed by atoms with van der Waals surface area (Å²) in [6.07, 6.45) is 0. The zero-order valence-corrected chi connectivity index (χ0v) is 25.8. The van der Waals surface area contributed by atoms with E-state index >= 15 is 0 Å². The molecule has 0 fully saturated rings. The molecule has 0 saturated heterocycles. The first kappa shape index (κ1) is 25.6. The second-order valence-corrected chi connectivity index (χ2v) is 13.1. The molecule has 0 aliphatic carbocycles. The van der Waals surface area contributed by atoms with E-state index in [1.54, 1.807) is 0 Å². The summed E-state index contributed by atoms with van der Waals surface area (Å²) < 4.78 is 5.18. The molecule has 10 rings (SSSR count). The minimum atomic E-state index is 1.18. The van der Waals surface area contributed by atoms with E-state index in [2.05, 4.69) is 168 Å². The van der Waals surface area contributed by atoms with Gasteiger partial charge in [0.1, 0.15) is 0 Å². The van der Waals surface area contributed by atoms with Gasteiger partial charge in [-0.2, -0.15) is 0 Å². The normalized spacial score (nSPS) is 11.9. The van der Waals surface area contributed by atoms with Gasteiger partial charge >= 0.3 is 0 Å². The molecular formula is C44H27NS. The first-order valence-corrected chi connectivity index (χ1v) is 16.6. The molecular weight excluding hydrogens is 575 g/mol. The summed E-state index contributed by atoms with van der Waals surface area (Å²) in [4.78, 5) is 0. The van der Waals surface area contributed by atoms with Crippen molar-refractivity contribution < 1.29 is 0 Å². The van der Waals surface area contributed by atoms with E-state index in [-0.39, 0.29) is 0 Å². The van der Waals surface area contributed by atoms with Gasteiger partial charge in [-0.15, -0.1) is 11.3 Å². The van der Waals surface area contributed by atoms with Gasteiger partial charge in [-0.05, 0) is 56.6 Å². The fourth-order valence-electron chi connectivity index (χ4n) is 7.55. The number of thiophene rings is 1. The number of aromatic nitrogens is 1.